The summed E-state index contributed by atoms with van der Waals surface area (Å²) in [6, 6.07) is 4.85. The second-order valence-electron chi connectivity index (χ2n) is 8.87. The molecule has 2 atom stereocenters. The average Bonchev–Trinajstić information content (AvgIpc) is 3.38. The molecular weight excluding hydrogens is 478 g/mol. The van der Waals surface area contributed by atoms with E-state index in [2.05, 4.69) is 25.3 Å². The SMILES string of the molecule is COc1cnc(-c2c[nH]c(=O)cn2)c2c1C(C(=O)C(=O)N1CCN(C(=O)c3ccccn3)C(C)C1)CN2. The highest BCUT2D eigenvalue weighted by atomic mass is 16.5. The number of ether oxygens (including phenoxy) is 1. The van der Waals surface area contributed by atoms with Crippen molar-refractivity contribution < 1.29 is 19.1 Å². The fraction of sp³-hybridized carbons (Fsp3) is 0.320. The topological polar surface area (TPSA) is 150 Å². The summed E-state index contributed by atoms with van der Waals surface area (Å²) in [5.74, 6) is -1.81. The third-order valence-corrected chi connectivity index (χ3v) is 6.64. The van der Waals surface area contributed by atoms with Crippen molar-refractivity contribution in [2.45, 2.75) is 18.9 Å². The Bertz CT molecular complexity index is 1400. The van der Waals surface area contributed by atoms with Gasteiger partial charge in [-0.2, -0.15) is 0 Å². The van der Waals surface area contributed by atoms with Crippen LogP contribution in [-0.2, 0) is 9.59 Å². The van der Waals surface area contributed by atoms with Gasteiger partial charge < -0.3 is 24.8 Å². The molecule has 12 heteroatoms. The molecule has 0 bridgehead atoms. The van der Waals surface area contributed by atoms with E-state index in [0.717, 1.165) is 6.20 Å². The predicted octanol–water partition coefficient (Wildman–Crippen LogP) is 0.687. The summed E-state index contributed by atoms with van der Waals surface area (Å²) in [4.78, 5) is 69.4. The van der Waals surface area contributed by atoms with Gasteiger partial charge in [-0.05, 0) is 19.1 Å². The molecule has 2 aliphatic rings. The number of ketones is 1. The standard InChI is InChI=1S/C25H25N7O5/c1-14-13-31(7-8-32(14)24(35)16-5-3-4-6-26-16)25(36)23(34)15-9-29-22-20(15)18(37-2)11-30-21(22)17-10-28-19(33)12-27-17/h3-6,10-12,14-15,29H,7-9,13H2,1-2H3,(H,28,33). The molecule has 2 aliphatic heterocycles. The van der Waals surface area contributed by atoms with E-state index in [1.54, 1.807) is 29.3 Å². The molecule has 5 heterocycles. The van der Waals surface area contributed by atoms with Crippen molar-refractivity contribution in [3.8, 4) is 17.1 Å². The largest absolute Gasteiger partial charge is 0.495 e. The van der Waals surface area contributed by atoms with Gasteiger partial charge in [-0.25, -0.2) is 9.97 Å². The molecule has 12 nitrogen and oxygen atoms in total. The molecule has 2 unspecified atom stereocenters. The number of carbonyl (C=O) groups excluding carboxylic acids is 3. The second kappa shape index (κ2) is 9.80. The van der Waals surface area contributed by atoms with Crippen molar-refractivity contribution in [1.82, 2.24) is 29.7 Å². The van der Waals surface area contributed by atoms with Crippen LogP contribution in [0.25, 0.3) is 11.4 Å². The van der Waals surface area contributed by atoms with Gasteiger partial charge >= 0.3 is 0 Å². The Morgan fingerprint density at radius 2 is 1.95 bits per heavy atom. The first-order chi connectivity index (χ1) is 17.9. The molecule has 1 fully saturated rings. The number of fused-ring (bicyclic) bond motifs is 1. The molecule has 0 aliphatic carbocycles. The molecule has 3 aromatic rings. The minimum Gasteiger partial charge on any atom is -0.495 e. The lowest BCUT2D eigenvalue weighted by molar-refractivity contribution is -0.146. The number of carbonyl (C=O) groups is 3. The molecule has 0 radical (unpaired) electrons. The first-order valence-electron chi connectivity index (χ1n) is 11.8. The average molecular weight is 504 g/mol. The number of anilines is 1. The molecule has 0 spiro atoms. The van der Waals surface area contributed by atoms with Crippen molar-refractivity contribution in [3.05, 3.63) is 64.6 Å². The molecule has 5 rings (SSSR count). The number of H-pyrrole nitrogens is 1. The van der Waals surface area contributed by atoms with Crippen LogP contribution >= 0.6 is 0 Å². The molecule has 3 aromatic heterocycles. The first kappa shape index (κ1) is 24.1. The van der Waals surface area contributed by atoms with Crippen LogP contribution < -0.4 is 15.6 Å². The number of hydrogen-bond donors (Lipinski definition) is 2. The van der Waals surface area contributed by atoms with E-state index in [1.165, 1.54) is 24.4 Å². The summed E-state index contributed by atoms with van der Waals surface area (Å²) in [5, 5.41) is 3.17. The van der Waals surface area contributed by atoms with Crippen LogP contribution in [0.5, 0.6) is 5.75 Å². The number of piperazine rings is 1. The molecule has 0 aromatic carbocycles. The van der Waals surface area contributed by atoms with Gasteiger partial charge in [0.1, 0.15) is 22.8 Å². The maximum absolute atomic E-state index is 13.5. The molecular formula is C25H25N7O5. The van der Waals surface area contributed by atoms with Gasteiger partial charge in [-0.15, -0.1) is 0 Å². The van der Waals surface area contributed by atoms with Crippen LogP contribution in [0.4, 0.5) is 5.69 Å². The monoisotopic (exact) mass is 503 g/mol. The molecule has 190 valence electrons. The lowest BCUT2D eigenvalue weighted by Crippen LogP contribution is -2.57. The normalized spacial score (nSPS) is 18.6. The van der Waals surface area contributed by atoms with Crippen molar-refractivity contribution >= 4 is 23.3 Å². The van der Waals surface area contributed by atoms with Gasteiger partial charge in [0.25, 0.3) is 17.4 Å². The van der Waals surface area contributed by atoms with Crippen LogP contribution in [0.15, 0.2) is 47.8 Å². The molecule has 37 heavy (non-hydrogen) atoms. The molecule has 2 amide bonds. The van der Waals surface area contributed by atoms with Crippen molar-refractivity contribution in [2.75, 3.05) is 38.6 Å². The number of nitrogens with one attached hydrogen (secondary N) is 2. The lowest BCUT2D eigenvalue weighted by atomic mass is 9.94. The number of hydrogen-bond acceptors (Lipinski definition) is 9. The van der Waals surface area contributed by atoms with Crippen molar-refractivity contribution in [1.29, 1.82) is 0 Å². The highest BCUT2D eigenvalue weighted by Crippen LogP contribution is 2.43. The van der Waals surface area contributed by atoms with Gasteiger partial charge in [0, 0.05) is 50.2 Å². The van der Waals surface area contributed by atoms with Crippen LogP contribution in [0, 0.1) is 0 Å². The van der Waals surface area contributed by atoms with Crippen LogP contribution in [0.2, 0.25) is 0 Å². The summed E-state index contributed by atoms with van der Waals surface area (Å²) in [6.07, 6.45) is 5.62. The van der Waals surface area contributed by atoms with Gasteiger partial charge in [-0.3, -0.25) is 24.2 Å². The van der Waals surface area contributed by atoms with Crippen molar-refractivity contribution in [3.63, 3.8) is 0 Å². The number of methoxy groups -OCH3 is 1. The van der Waals surface area contributed by atoms with Gasteiger partial charge in [0.05, 0.1) is 31.1 Å². The highest BCUT2D eigenvalue weighted by molar-refractivity contribution is 6.38. The van der Waals surface area contributed by atoms with E-state index in [-0.39, 0.29) is 37.1 Å². The van der Waals surface area contributed by atoms with Gasteiger partial charge in [0.15, 0.2) is 0 Å². The second-order valence-corrected chi connectivity index (χ2v) is 8.87. The summed E-state index contributed by atoms with van der Waals surface area (Å²) in [6.45, 7) is 2.79. The summed E-state index contributed by atoms with van der Waals surface area (Å²) in [5.41, 5.74) is 1.89. The Balaban J connectivity index is 1.35. The van der Waals surface area contributed by atoms with E-state index in [9.17, 15) is 19.2 Å². The zero-order valence-corrected chi connectivity index (χ0v) is 20.3. The van der Waals surface area contributed by atoms with Crippen molar-refractivity contribution in [2.24, 2.45) is 0 Å². The Labute approximate surface area is 211 Å². The smallest absolute Gasteiger partial charge is 0.290 e. The molecule has 1 saturated heterocycles. The Morgan fingerprint density at radius 3 is 2.62 bits per heavy atom. The zero-order chi connectivity index (χ0) is 26.1. The Morgan fingerprint density at radius 1 is 1.11 bits per heavy atom. The number of aromatic amines is 1. The maximum Gasteiger partial charge on any atom is 0.290 e. The van der Waals surface area contributed by atoms with Gasteiger partial charge in [0.2, 0.25) is 5.78 Å². The highest BCUT2D eigenvalue weighted by Gasteiger charge is 2.41. The number of nitrogens with zero attached hydrogens (tertiary/aromatic N) is 5. The first-order valence-corrected chi connectivity index (χ1v) is 11.8. The third-order valence-electron chi connectivity index (χ3n) is 6.64. The minimum absolute atomic E-state index is 0.187. The number of amides is 2. The van der Waals surface area contributed by atoms with E-state index in [4.69, 9.17) is 4.74 Å². The number of Topliss-reactive ketones (excluding diaryl/α,β-unsaturated/α-hetero) is 1. The van der Waals surface area contributed by atoms with Crippen LogP contribution in [0.3, 0.4) is 0 Å². The molecule has 0 saturated carbocycles. The third kappa shape index (κ3) is 4.41. The Kier molecular flexibility index (Phi) is 6.38. The molecule has 2 N–H and O–H groups in total. The summed E-state index contributed by atoms with van der Waals surface area (Å²) in [7, 11) is 1.47. The van der Waals surface area contributed by atoms with Gasteiger partial charge in [-0.1, -0.05) is 6.07 Å². The maximum atomic E-state index is 13.5. The lowest BCUT2D eigenvalue weighted by Gasteiger charge is -2.39. The number of aromatic nitrogens is 4. The van der Waals surface area contributed by atoms with E-state index >= 15 is 0 Å². The number of rotatable bonds is 5. The quantitative estimate of drug-likeness (QED) is 0.479. The van der Waals surface area contributed by atoms with E-state index in [1.807, 2.05) is 6.92 Å². The number of pyridine rings is 2. The summed E-state index contributed by atoms with van der Waals surface area (Å²) < 4.78 is 5.46. The minimum atomic E-state index is -0.787. The predicted molar refractivity (Wildman–Crippen MR) is 132 cm³/mol. The van der Waals surface area contributed by atoms with Crippen LogP contribution in [0.1, 0.15) is 28.9 Å². The van der Waals surface area contributed by atoms with Crippen LogP contribution in [-0.4, -0.2) is 86.7 Å². The fourth-order valence-corrected chi connectivity index (χ4v) is 4.78. The summed E-state index contributed by atoms with van der Waals surface area (Å²) >= 11 is 0. The van der Waals surface area contributed by atoms with E-state index < -0.39 is 17.6 Å². The Hall–Kier alpha value is -4.61. The fourth-order valence-electron chi connectivity index (χ4n) is 4.78. The van der Waals surface area contributed by atoms with E-state index in [0.29, 0.717) is 40.6 Å². The zero-order valence-electron chi connectivity index (χ0n) is 20.3.